The molecule has 0 fully saturated rings. The molecule has 3 heterocycles. The molecule has 0 N–H and O–H groups in total. The van der Waals surface area contributed by atoms with E-state index in [1.165, 1.54) is 10.4 Å². The van der Waals surface area contributed by atoms with Gasteiger partial charge >= 0.3 is 0 Å². The maximum absolute atomic E-state index is 13.2. The van der Waals surface area contributed by atoms with E-state index in [1.54, 1.807) is 39.9 Å². The molecule has 0 spiro atoms. The third kappa shape index (κ3) is 3.25. The van der Waals surface area contributed by atoms with E-state index in [0.717, 1.165) is 46.9 Å². The molecule has 0 bridgehead atoms. The Bertz CT molecular complexity index is 987. The molecule has 136 valence electrons. The maximum atomic E-state index is 13.2. The number of thioether (sulfide) groups is 1. The van der Waals surface area contributed by atoms with Crippen molar-refractivity contribution in [2.45, 2.75) is 44.4 Å². The van der Waals surface area contributed by atoms with Gasteiger partial charge in [0.25, 0.3) is 5.56 Å². The fourth-order valence-electron chi connectivity index (χ4n) is 3.47. The summed E-state index contributed by atoms with van der Waals surface area (Å²) in [4.78, 5) is 24.4. The number of rotatable bonds is 6. The predicted molar refractivity (Wildman–Crippen MR) is 108 cm³/mol. The molecule has 0 saturated heterocycles. The van der Waals surface area contributed by atoms with Crippen LogP contribution < -0.4 is 5.56 Å². The van der Waals surface area contributed by atoms with Crippen LogP contribution in [0.15, 0.2) is 41.3 Å². The summed E-state index contributed by atoms with van der Waals surface area (Å²) in [5, 5.41) is 1.63. The molecular formula is C19H22N4OS2. The van der Waals surface area contributed by atoms with Crippen LogP contribution in [0.25, 0.3) is 10.2 Å². The molecule has 0 radical (unpaired) electrons. The van der Waals surface area contributed by atoms with Crippen molar-refractivity contribution in [1.82, 2.24) is 19.1 Å². The smallest absolute Gasteiger partial charge is 0.263 e. The lowest BCUT2D eigenvalue weighted by atomic mass is 9.89. The van der Waals surface area contributed by atoms with Crippen LogP contribution in [0.3, 0.4) is 0 Å². The van der Waals surface area contributed by atoms with Crippen molar-refractivity contribution in [3.63, 3.8) is 0 Å². The van der Waals surface area contributed by atoms with Gasteiger partial charge in [0.05, 0.1) is 11.7 Å². The summed E-state index contributed by atoms with van der Waals surface area (Å²) in [6, 6.07) is 0. The largest absolute Gasteiger partial charge is 0.337 e. The Kier molecular flexibility index (Phi) is 5.00. The first-order chi connectivity index (χ1) is 12.7. The summed E-state index contributed by atoms with van der Waals surface area (Å²) in [7, 11) is 0. The van der Waals surface area contributed by atoms with Gasteiger partial charge in [0, 0.05) is 36.1 Å². The second-order valence-corrected chi connectivity index (χ2v) is 8.93. The van der Waals surface area contributed by atoms with Crippen molar-refractivity contribution in [1.29, 1.82) is 0 Å². The van der Waals surface area contributed by atoms with E-state index in [-0.39, 0.29) is 5.56 Å². The van der Waals surface area contributed by atoms with Crippen LogP contribution in [0.2, 0.25) is 0 Å². The first-order valence-corrected chi connectivity index (χ1v) is 10.7. The van der Waals surface area contributed by atoms with Gasteiger partial charge in [-0.1, -0.05) is 24.8 Å². The molecule has 0 amide bonds. The van der Waals surface area contributed by atoms with E-state index in [9.17, 15) is 4.79 Å². The monoisotopic (exact) mass is 386 g/mol. The average molecular weight is 387 g/mol. The van der Waals surface area contributed by atoms with Crippen molar-refractivity contribution in [2.75, 3.05) is 5.75 Å². The normalized spacial score (nSPS) is 16.7. The molecule has 3 aromatic heterocycles. The third-order valence-corrected chi connectivity index (χ3v) is 6.94. The van der Waals surface area contributed by atoms with Gasteiger partial charge in [0.15, 0.2) is 5.16 Å². The number of hydrogen-bond donors (Lipinski definition) is 0. The number of imidazole rings is 1. The molecule has 1 aliphatic rings. The number of allylic oxidation sites excluding steroid dienone is 1. The molecule has 0 saturated carbocycles. The summed E-state index contributed by atoms with van der Waals surface area (Å²) in [6.07, 6.45) is 10.5. The summed E-state index contributed by atoms with van der Waals surface area (Å²) in [5.41, 5.74) is 1.33. The van der Waals surface area contributed by atoms with Gasteiger partial charge in [-0.15, -0.1) is 17.9 Å². The summed E-state index contributed by atoms with van der Waals surface area (Å²) < 4.78 is 3.81. The topological polar surface area (TPSA) is 52.7 Å². The molecule has 1 aliphatic carbocycles. The highest BCUT2D eigenvalue weighted by atomic mass is 32.2. The zero-order valence-electron chi connectivity index (χ0n) is 14.9. The highest BCUT2D eigenvalue weighted by Gasteiger charge is 2.24. The van der Waals surface area contributed by atoms with Crippen molar-refractivity contribution in [3.8, 4) is 0 Å². The molecule has 1 atom stereocenters. The standard InChI is InChI=1S/C19H22N4OS2/c1-3-7-23-18(24)16-14-5-4-13(2)11-15(14)26-17(16)21-19(23)25-10-9-22-8-6-20-12-22/h3,6,8,12-13H,1,4-5,7,9-11H2,2H3. The molecule has 4 rings (SSSR count). The second-order valence-electron chi connectivity index (χ2n) is 6.78. The SMILES string of the molecule is C=CCn1c(SCCn2ccnc2)nc2sc3c(c2c1=O)CCC(C)C3. The van der Waals surface area contributed by atoms with E-state index in [0.29, 0.717) is 12.5 Å². The molecule has 0 aliphatic heterocycles. The lowest BCUT2D eigenvalue weighted by molar-refractivity contribution is 0.509. The molecular weight excluding hydrogens is 364 g/mol. The Labute approximate surface area is 160 Å². The van der Waals surface area contributed by atoms with E-state index in [2.05, 4.69) is 18.5 Å². The third-order valence-electron chi connectivity index (χ3n) is 4.83. The van der Waals surface area contributed by atoms with Gasteiger partial charge in [0.1, 0.15) is 4.83 Å². The van der Waals surface area contributed by atoms with Crippen molar-refractivity contribution in [3.05, 3.63) is 52.2 Å². The molecule has 26 heavy (non-hydrogen) atoms. The first kappa shape index (κ1) is 17.5. The fraction of sp³-hybridized carbons (Fsp3) is 0.421. The van der Waals surface area contributed by atoms with Crippen molar-refractivity contribution >= 4 is 33.3 Å². The quantitative estimate of drug-likeness (QED) is 0.368. The molecule has 0 aromatic carbocycles. The predicted octanol–water partition coefficient (Wildman–Crippen LogP) is 3.76. The lowest BCUT2D eigenvalue weighted by Gasteiger charge is -2.17. The van der Waals surface area contributed by atoms with E-state index in [4.69, 9.17) is 4.98 Å². The molecule has 5 nitrogen and oxygen atoms in total. The number of hydrogen-bond acceptors (Lipinski definition) is 5. The number of fused-ring (bicyclic) bond motifs is 3. The Morgan fingerprint density at radius 2 is 2.38 bits per heavy atom. The minimum absolute atomic E-state index is 0.0899. The molecule has 3 aromatic rings. The van der Waals surface area contributed by atoms with Crippen molar-refractivity contribution in [2.24, 2.45) is 5.92 Å². The minimum Gasteiger partial charge on any atom is -0.337 e. The second kappa shape index (κ2) is 7.40. The molecule has 7 heteroatoms. The first-order valence-electron chi connectivity index (χ1n) is 8.92. The van der Waals surface area contributed by atoms with Gasteiger partial charge in [-0.05, 0) is 30.7 Å². The average Bonchev–Trinajstić information content (AvgIpc) is 3.25. The van der Waals surface area contributed by atoms with E-state index < -0.39 is 0 Å². The zero-order chi connectivity index (χ0) is 18.1. The zero-order valence-corrected chi connectivity index (χ0v) is 16.5. The van der Waals surface area contributed by atoms with Gasteiger partial charge in [0.2, 0.25) is 0 Å². The fourth-order valence-corrected chi connectivity index (χ4v) is 5.85. The lowest BCUT2D eigenvalue weighted by Crippen LogP contribution is -2.23. The summed E-state index contributed by atoms with van der Waals surface area (Å²) in [5.74, 6) is 1.53. The van der Waals surface area contributed by atoms with Crippen LogP contribution in [-0.2, 0) is 25.9 Å². The number of thiophene rings is 1. The number of aromatic nitrogens is 4. The number of aryl methyl sites for hydroxylation is 2. The van der Waals surface area contributed by atoms with Crippen LogP contribution >= 0.6 is 23.1 Å². The maximum Gasteiger partial charge on any atom is 0.263 e. The van der Waals surface area contributed by atoms with Crippen molar-refractivity contribution < 1.29 is 0 Å². The van der Waals surface area contributed by atoms with Gasteiger partial charge in [-0.25, -0.2) is 9.97 Å². The summed E-state index contributed by atoms with van der Waals surface area (Å²) in [6.45, 7) is 7.44. The Morgan fingerprint density at radius 1 is 1.50 bits per heavy atom. The molecule has 1 unspecified atom stereocenters. The van der Waals surface area contributed by atoms with Crippen LogP contribution in [0.1, 0.15) is 23.8 Å². The van der Waals surface area contributed by atoms with Gasteiger partial charge in [-0.3, -0.25) is 9.36 Å². The Morgan fingerprint density at radius 3 is 3.15 bits per heavy atom. The highest BCUT2D eigenvalue weighted by Crippen LogP contribution is 2.36. The van der Waals surface area contributed by atoms with Crippen LogP contribution in [0.5, 0.6) is 0 Å². The summed E-state index contributed by atoms with van der Waals surface area (Å²) >= 11 is 3.33. The van der Waals surface area contributed by atoms with Gasteiger partial charge in [-0.2, -0.15) is 0 Å². The van der Waals surface area contributed by atoms with E-state index >= 15 is 0 Å². The van der Waals surface area contributed by atoms with Crippen LogP contribution in [0, 0.1) is 5.92 Å². The minimum atomic E-state index is 0.0899. The Balaban J connectivity index is 1.70. The van der Waals surface area contributed by atoms with E-state index in [1.807, 2.05) is 17.1 Å². The van der Waals surface area contributed by atoms with Crippen LogP contribution in [-0.4, -0.2) is 24.9 Å². The number of nitrogens with zero attached hydrogens (tertiary/aromatic N) is 4. The highest BCUT2D eigenvalue weighted by molar-refractivity contribution is 7.99. The Hall–Kier alpha value is -1.86. The van der Waals surface area contributed by atoms with Crippen LogP contribution in [0.4, 0.5) is 0 Å². The van der Waals surface area contributed by atoms with Gasteiger partial charge < -0.3 is 4.57 Å².